The molecule has 3 aromatic rings. The van der Waals surface area contributed by atoms with Crippen LogP contribution in [0.5, 0.6) is 0 Å². The van der Waals surface area contributed by atoms with Gasteiger partial charge < -0.3 is 14.3 Å². The molecule has 2 aromatic heterocycles. The molecule has 0 aliphatic heterocycles. The molecule has 0 atom stereocenters. The zero-order chi connectivity index (χ0) is 14.8. The van der Waals surface area contributed by atoms with E-state index in [-0.39, 0.29) is 0 Å². The maximum atomic E-state index is 5.56. The van der Waals surface area contributed by atoms with E-state index in [2.05, 4.69) is 47.4 Å². The molecule has 108 valence electrons. The van der Waals surface area contributed by atoms with E-state index in [1.807, 2.05) is 41.9 Å². The highest BCUT2D eigenvalue weighted by molar-refractivity contribution is 9.13. The number of hydrogen-bond acceptors (Lipinski definition) is 4. The minimum absolute atomic E-state index is 0.582. The number of anilines is 1. The zero-order valence-corrected chi connectivity index (χ0v) is 14.3. The van der Waals surface area contributed by atoms with Crippen LogP contribution in [-0.2, 0) is 13.6 Å². The van der Waals surface area contributed by atoms with Crippen molar-refractivity contribution in [3.63, 3.8) is 0 Å². The number of benzene rings is 1. The summed E-state index contributed by atoms with van der Waals surface area (Å²) < 4.78 is 9.05. The summed E-state index contributed by atoms with van der Waals surface area (Å²) in [5.41, 5.74) is 1.99. The number of rotatable bonds is 4. The van der Waals surface area contributed by atoms with E-state index in [9.17, 15) is 0 Å². The van der Waals surface area contributed by atoms with Crippen molar-refractivity contribution in [1.82, 2.24) is 14.8 Å². The number of nitrogens with one attached hydrogen (secondary N) is 1. The molecule has 0 fully saturated rings. The van der Waals surface area contributed by atoms with Gasteiger partial charge in [-0.15, -0.1) is 10.2 Å². The predicted octanol–water partition coefficient (Wildman–Crippen LogP) is 4.21. The third-order valence-electron chi connectivity index (χ3n) is 3.03. The maximum Gasteiger partial charge on any atom is 0.183 e. The average molecular weight is 412 g/mol. The van der Waals surface area contributed by atoms with Crippen LogP contribution in [0.1, 0.15) is 5.76 Å². The van der Waals surface area contributed by atoms with Gasteiger partial charge >= 0.3 is 0 Å². The number of furan rings is 1. The molecule has 0 aliphatic carbocycles. The highest BCUT2D eigenvalue weighted by atomic mass is 79.9. The summed E-state index contributed by atoms with van der Waals surface area (Å²) in [6.07, 6.45) is 1.69. The van der Waals surface area contributed by atoms with Gasteiger partial charge in [0.2, 0.25) is 0 Å². The molecule has 3 rings (SSSR count). The van der Waals surface area contributed by atoms with E-state index in [0.29, 0.717) is 11.2 Å². The monoisotopic (exact) mass is 410 g/mol. The smallest absolute Gasteiger partial charge is 0.183 e. The molecule has 0 bridgehead atoms. The van der Waals surface area contributed by atoms with Crippen LogP contribution in [-0.4, -0.2) is 14.8 Å². The lowest BCUT2D eigenvalue weighted by atomic mass is 10.1. The summed E-state index contributed by atoms with van der Waals surface area (Å²) in [5.74, 6) is 1.65. The molecule has 7 heteroatoms. The second-order valence-electron chi connectivity index (χ2n) is 4.50. The minimum Gasteiger partial charge on any atom is -0.451 e. The predicted molar refractivity (Wildman–Crippen MR) is 87.9 cm³/mol. The normalized spacial score (nSPS) is 10.8. The largest absolute Gasteiger partial charge is 0.451 e. The molecule has 0 saturated heterocycles. The van der Waals surface area contributed by atoms with Crippen molar-refractivity contribution in [2.45, 2.75) is 6.54 Å². The van der Waals surface area contributed by atoms with Crippen LogP contribution in [0, 0.1) is 0 Å². The van der Waals surface area contributed by atoms with Crippen molar-refractivity contribution in [1.29, 1.82) is 0 Å². The number of para-hydroxylation sites is 1. The molecule has 0 aliphatic rings. The quantitative estimate of drug-likeness (QED) is 0.698. The van der Waals surface area contributed by atoms with Gasteiger partial charge in [-0.2, -0.15) is 0 Å². The summed E-state index contributed by atoms with van der Waals surface area (Å²) >= 11 is 6.74. The van der Waals surface area contributed by atoms with Crippen molar-refractivity contribution in [3.8, 4) is 11.4 Å². The van der Waals surface area contributed by atoms with Crippen LogP contribution < -0.4 is 5.32 Å². The topological polar surface area (TPSA) is 55.9 Å². The Kier molecular flexibility index (Phi) is 4.12. The summed E-state index contributed by atoms with van der Waals surface area (Å²) in [6, 6.07) is 9.92. The van der Waals surface area contributed by atoms with Crippen molar-refractivity contribution in [2.75, 3.05) is 5.32 Å². The van der Waals surface area contributed by atoms with Crippen molar-refractivity contribution >= 4 is 37.5 Å². The Hall–Kier alpha value is -1.60. The van der Waals surface area contributed by atoms with Gasteiger partial charge in [0.25, 0.3) is 0 Å². The van der Waals surface area contributed by atoms with Gasteiger partial charge in [-0.25, -0.2) is 0 Å². The van der Waals surface area contributed by atoms with Gasteiger partial charge in [0.05, 0.1) is 11.0 Å². The number of hydrogen-bond donors (Lipinski definition) is 1. The van der Waals surface area contributed by atoms with Gasteiger partial charge in [0, 0.05) is 18.3 Å². The zero-order valence-electron chi connectivity index (χ0n) is 11.2. The molecule has 21 heavy (non-hydrogen) atoms. The van der Waals surface area contributed by atoms with Gasteiger partial charge in [0.15, 0.2) is 10.5 Å². The molecule has 2 heterocycles. The molecule has 0 radical (unpaired) electrons. The van der Waals surface area contributed by atoms with E-state index in [0.717, 1.165) is 27.3 Å². The standard InChI is InChI=1S/C14H12Br2N4O/c1-20-8-18-19-14(20)10-4-2-3-5-12(10)17-7-9-6-11(15)13(16)21-9/h2-6,8,17H,7H2,1H3. The number of aryl methyl sites for hydroxylation is 1. The van der Waals surface area contributed by atoms with Crippen LogP contribution in [0.4, 0.5) is 5.69 Å². The molecule has 0 saturated carbocycles. The molecular formula is C14H12Br2N4O. The average Bonchev–Trinajstić information content (AvgIpc) is 3.03. The summed E-state index contributed by atoms with van der Waals surface area (Å²) in [5, 5.41) is 11.5. The fraction of sp³-hybridized carbons (Fsp3) is 0.143. The number of halogens is 2. The molecular weight excluding hydrogens is 400 g/mol. The summed E-state index contributed by atoms with van der Waals surface area (Å²) in [6.45, 7) is 0.582. The highest BCUT2D eigenvalue weighted by Crippen LogP contribution is 2.29. The summed E-state index contributed by atoms with van der Waals surface area (Å²) in [7, 11) is 1.92. The van der Waals surface area contributed by atoms with E-state index < -0.39 is 0 Å². The Morgan fingerprint density at radius 2 is 2.10 bits per heavy atom. The first-order chi connectivity index (χ1) is 10.1. The Labute approximate surface area is 138 Å². The third kappa shape index (κ3) is 3.03. The van der Waals surface area contributed by atoms with Crippen LogP contribution in [0.25, 0.3) is 11.4 Å². The lowest BCUT2D eigenvalue weighted by Crippen LogP contribution is -2.01. The number of aromatic nitrogens is 3. The Bertz CT molecular complexity index is 746. The Morgan fingerprint density at radius 1 is 1.29 bits per heavy atom. The van der Waals surface area contributed by atoms with E-state index in [1.54, 1.807) is 6.33 Å². The van der Waals surface area contributed by atoms with Crippen LogP contribution in [0.3, 0.4) is 0 Å². The fourth-order valence-corrected chi connectivity index (χ4v) is 2.68. The molecule has 0 spiro atoms. The first kappa shape index (κ1) is 14.3. The molecule has 0 amide bonds. The SMILES string of the molecule is Cn1cnnc1-c1ccccc1NCc1cc(Br)c(Br)o1. The molecule has 0 unspecified atom stereocenters. The van der Waals surface area contributed by atoms with Crippen molar-refractivity contribution in [3.05, 3.63) is 51.6 Å². The highest BCUT2D eigenvalue weighted by Gasteiger charge is 2.11. The lowest BCUT2D eigenvalue weighted by Gasteiger charge is -2.10. The minimum atomic E-state index is 0.582. The van der Waals surface area contributed by atoms with Crippen LogP contribution in [0.15, 0.2) is 50.2 Å². The van der Waals surface area contributed by atoms with Gasteiger partial charge in [-0.3, -0.25) is 0 Å². The second-order valence-corrected chi connectivity index (χ2v) is 6.07. The van der Waals surface area contributed by atoms with Crippen LogP contribution >= 0.6 is 31.9 Å². The Morgan fingerprint density at radius 3 is 2.76 bits per heavy atom. The molecule has 5 nitrogen and oxygen atoms in total. The van der Waals surface area contributed by atoms with E-state index in [1.165, 1.54) is 0 Å². The van der Waals surface area contributed by atoms with Gasteiger partial charge in [-0.05, 0) is 50.1 Å². The van der Waals surface area contributed by atoms with Crippen molar-refractivity contribution in [2.24, 2.45) is 7.05 Å². The summed E-state index contributed by atoms with van der Waals surface area (Å²) in [4.78, 5) is 0. The van der Waals surface area contributed by atoms with Crippen molar-refractivity contribution < 1.29 is 4.42 Å². The van der Waals surface area contributed by atoms with E-state index >= 15 is 0 Å². The van der Waals surface area contributed by atoms with Crippen LogP contribution in [0.2, 0.25) is 0 Å². The first-order valence-corrected chi connectivity index (χ1v) is 7.84. The fourth-order valence-electron chi connectivity index (χ4n) is 2.02. The van der Waals surface area contributed by atoms with Gasteiger partial charge in [-0.1, -0.05) is 12.1 Å². The third-order valence-corrected chi connectivity index (χ3v) is 4.74. The van der Waals surface area contributed by atoms with Gasteiger partial charge in [0.1, 0.15) is 12.1 Å². The first-order valence-electron chi connectivity index (χ1n) is 6.26. The molecule has 1 aromatic carbocycles. The second kappa shape index (κ2) is 6.03. The maximum absolute atomic E-state index is 5.56. The number of nitrogens with zero attached hydrogens (tertiary/aromatic N) is 3. The Balaban J connectivity index is 1.84. The lowest BCUT2D eigenvalue weighted by molar-refractivity contribution is 0.494. The molecule has 1 N–H and O–H groups in total. The van der Waals surface area contributed by atoms with E-state index in [4.69, 9.17) is 4.42 Å².